The first kappa shape index (κ1) is 13.3. The first-order valence-electron chi connectivity index (χ1n) is 8.12. The maximum absolute atomic E-state index is 4.98. The molecule has 2 aromatic rings. The van der Waals surface area contributed by atoms with Crippen LogP contribution in [0.4, 0.5) is 0 Å². The van der Waals surface area contributed by atoms with Crippen LogP contribution in [-0.4, -0.2) is 23.8 Å². The summed E-state index contributed by atoms with van der Waals surface area (Å²) in [4.78, 5) is 7.43. The van der Waals surface area contributed by atoms with E-state index in [0.717, 1.165) is 24.6 Å². The van der Waals surface area contributed by atoms with E-state index in [1.54, 1.807) is 0 Å². The minimum Gasteiger partial charge on any atom is -0.356 e. The summed E-state index contributed by atoms with van der Waals surface area (Å²) in [5.41, 5.74) is 4.83. The van der Waals surface area contributed by atoms with E-state index in [4.69, 9.17) is 4.99 Å². The molecule has 0 N–H and O–H groups in total. The van der Waals surface area contributed by atoms with Crippen molar-refractivity contribution in [3.05, 3.63) is 71.3 Å². The minimum absolute atomic E-state index is 1.09. The number of likely N-dealkylation sites (tertiary alicyclic amines) is 1. The van der Waals surface area contributed by atoms with E-state index in [2.05, 4.69) is 59.5 Å². The average molecular weight is 288 g/mol. The quantitative estimate of drug-likeness (QED) is 0.758. The summed E-state index contributed by atoms with van der Waals surface area (Å²) in [5.74, 6) is 1.16. The Kier molecular flexibility index (Phi) is 3.51. The molecule has 2 heterocycles. The molecule has 0 spiro atoms. The molecule has 4 rings (SSSR count). The molecule has 1 saturated heterocycles. The Bertz CT molecular complexity index is 722. The summed E-state index contributed by atoms with van der Waals surface area (Å²) in [6, 6.07) is 19.1. The van der Waals surface area contributed by atoms with Crippen LogP contribution in [0, 0.1) is 0 Å². The van der Waals surface area contributed by atoms with Crippen molar-refractivity contribution >= 4 is 17.6 Å². The number of nitrogens with zero attached hydrogens (tertiary/aromatic N) is 2. The molecular weight excluding hydrogens is 268 g/mol. The van der Waals surface area contributed by atoms with Crippen LogP contribution in [0.3, 0.4) is 0 Å². The van der Waals surface area contributed by atoms with Gasteiger partial charge in [-0.3, -0.25) is 0 Å². The molecule has 2 aliphatic heterocycles. The van der Waals surface area contributed by atoms with Gasteiger partial charge in [0.05, 0.1) is 5.70 Å². The molecule has 0 aromatic heterocycles. The lowest BCUT2D eigenvalue weighted by Gasteiger charge is -2.28. The number of rotatable bonds is 1. The summed E-state index contributed by atoms with van der Waals surface area (Å²) in [7, 11) is 0. The first-order valence-corrected chi connectivity index (χ1v) is 8.12. The van der Waals surface area contributed by atoms with Gasteiger partial charge < -0.3 is 4.90 Å². The topological polar surface area (TPSA) is 15.6 Å². The molecule has 2 aromatic carbocycles. The Labute approximate surface area is 131 Å². The molecule has 0 amide bonds. The van der Waals surface area contributed by atoms with Gasteiger partial charge >= 0.3 is 0 Å². The molecule has 1 fully saturated rings. The second-order valence-corrected chi connectivity index (χ2v) is 5.97. The van der Waals surface area contributed by atoms with Gasteiger partial charge in [-0.05, 0) is 30.9 Å². The van der Waals surface area contributed by atoms with Crippen LogP contribution in [0.25, 0.3) is 11.8 Å². The lowest BCUT2D eigenvalue weighted by atomic mass is 10.0. The maximum Gasteiger partial charge on any atom is 0.137 e. The van der Waals surface area contributed by atoms with Gasteiger partial charge in [-0.25, -0.2) is 4.99 Å². The fourth-order valence-corrected chi connectivity index (χ4v) is 3.30. The van der Waals surface area contributed by atoms with Crippen LogP contribution in [0.2, 0.25) is 0 Å². The number of aliphatic imine (C=N–C) groups is 1. The number of amidine groups is 1. The van der Waals surface area contributed by atoms with E-state index in [1.165, 1.54) is 36.0 Å². The smallest absolute Gasteiger partial charge is 0.137 e. The molecule has 0 saturated carbocycles. The molecular formula is C20H20N2. The molecule has 0 unspecified atom stereocenters. The Balaban J connectivity index is 1.76. The van der Waals surface area contributed by atoms with Gasteiger partial charge in [0, 0.05) is 24.2 Å². The van der Waals surface area contributed by atoms with E-state index in [9.17, 15) is 0 Å². The third-order valence-electron chi connectivity index (χ3n) is 4.43. The summed E-state index contributed by atoms with van der Waals surface area (Å²) in [6.45, 7) is 2.26. The highest BCUT2D eigenvalue weighted by Crippen LogP contribution is 2.32. The van der Waals surface area contributed by atoms with Gasteiger partial charge in [-0.2, -0.15) is 0 Å². The van der Waals surface area contributed by atoms with Crippen molar-refractivity contribution in [2.45, 2.75) is 19.3 Å². The number of benzene rings is 2. The monoisotopic (exact) mass is 288 g/mol. The van der Waals surface area contributed by atoms with Gasteiger partial charge in [0.1, 0.15) is 5.84 Å². The van der Waals surface area contributed by atoms with Crippen molar-refractivity contribution in [2.75, 3.05) is 13.1 Å². The van der Waals surface area contributed by atoms with Gasteiger partial charge in [0.15, 0.2) is 0 Å². The molecule has 2 nitrogen and oxygen atoms in total. The maximum atomic E-state index is 4.98. The fraction of sp³-hybridized carbons (Fsp3) is 0.250. The second-order valence-electron chi connectivity index (χ2n) is 5.97. The molecule has 0 atom stereocenters. The second kappa shape index (κ2) is 5.80. The van der Waals surface area contributed by atoms with Crippen LogP contribution in [0.5, 0.6) is 0 Å². The van der Waals surface area contributed by atoms with E-state index >= 15 is 0 Å². The van der Waals surface area contributed by atoms with Gasteiger partial charge in [-0.15, -0.1) is 0 Å². The van der Waals surface area contributed by atoms with Crippen molar-refractivity contribution in [2.24, 2.45) is 4.99 Å². The van der Waals surface area contributed by atoms with E-state index in [0.29, 0.717) is 0 Å². The third kappa shape index (κ3) is 2.45. The summed E-state index contributed by atoms with van der Waals surface area (Å²) < 4.78 is 0. The molecule has 0 aliphatic carbocycles. The summed E-state index contributed by atoms with van der Waals surface area (Å²) in [6.07, 6.45) is 6.09. The zero-order valence-electron chi connectivity index (χ0n) is 12.7. The lowest BCUT2D eigenvalue weighted by molar-refractivity contribution is 0.343. The fourth-order valence-electron chi connectivity index (χ4n) is 3.30. The van der Waals surface area contributed by atoms with E-state index < -0.39 is 0 Å². The van der Waals surface area contributed by atoms with E-state index in [-0.39, 0.29) is 0 Å². The van der Waals surface area contributed by atoms with Gasteiger partial charge in [0.25, 0.3) is 0 Å². The van der Waals surface area contributed by atoms with Crippen LogP contribution in [0.1, 0.15) is 36.0 Å². The lowest BCUT2D eigenvalue weighted by Crippen LogP contribution is -2.35. The Morgan fingerprint density at radius 3 is 2.23 bits per heavy atom. The highest BCUT2D eigenvalue weighted by Gasteiger charge is 2.25. The van der Waals surface area contributed by atoms with Crippen molar-refractivity contribution in [1.82, 2.24) is 4.90 Å². The molecule has 0 radical (unpaired) electrons. The first-order chi connectivity index (χ1) is 10.9. The molecule has 110 valence electrons. The summed E-state index contributed by atoms with van der Waals surface area (Å²) >= 11 is 0. The third-order valence-corrected chi connectivity index (χ3v) is 4.43. The van der Waals surface area contributed by atoms with Crippen molar-refractivity contribution in [3.8, 4) is 0 Å². The van der Waals surface area contributed by atoms with Gasteiger partial charge in [0.2, 0.25) is 0 Å². The Hall–Kier alpha value is -2.35. The molecule has 2 aliphatic rings. The number of piperidine rings is 1. The van der Waals surface area contributed by atoms with Crippen molar-refractivity contribution in [3.63, 3.8) is 0 Å². The largest absolute Gasteiger partial charge is 0.356 e. The van der Waals surface area contributed by atoms with Crippen LogP contribution >= 0.6 is 0 Å². The zero-order valence-corrected chi connectivity index (χ0v) is 12.7. The predicted molar refractivity (Wildman–Crippen MR) is 92.7 cm³/mol. The summed E-state index contributed by atoms with van der Waals surface area (Å²) in [5, 5.41) is 0. The normalized spacial score (nSPS) is 19.2. The van der Waals surface area contributed by atoms with Crippen LogP contribution < -0.4 is 0 Å². The number of fused-ring (bicyclic) bond motifs is 1. The highest BCUT2D eigenvalue weighted by atomic mass is 15.2. The Morgan fingerprint density at radius 2 is 1.45 bits per heavy atom. The number of hydrogen-bond acceptors (Lipinski definition) is 2. The number of hydrogen-bond donors (Lipinski definition) is 0. The van der Waals surface area contributed by atoms with Crippen molar-refractivity contribution < 1.29 is 0 Å². The predicted octanol–water partition coefficient (Wildman–Crippen LogP) is 4.43. The minimum atomic E-state index is 1.09. The van der Waals surface area contributed by atoms with E-state index in [1.807, 2.05) is 6.07 Å². The highest BCUT2D eigenvalue weighted by molar-refractivity contribution is 6.12. The average Bonchev–Trinajstić information content (AvgIpc) is 2.96. The molecule has 0 bridgehead atoms. The van der Waals surface area contributed by atoms with Crippen LogP contribution in [-0.2, 0) is 0 Å². The molecule has 22 heavy (non-hydrogen) atoms. The van der Waals surface area contributed by atoms with Gasteiger partial charge in [-0.1, -0.05) is 54.6 Å². The zero-order chi connectivity index (χ0) is 14.8. The molecule has 2 heteroatoms. The SMILES string of the molecule is C(=C1/N=C(N2CCCCC2)c2ccccc21)/c1ccccc1. The standard InChI is InChI=1S/C20H20N2/c1-3-9-16(10-4-1)15-19-17-11-5-6-12-18(17)20(21-19)22-13-7-2-8-14-22/h1,3-6,9-12,15H,2,7-8,13-14H2/b19-15-. The van der Waals surface area contributed by atoms with Crippen LogP contribution in [0.15, 0.2) is 59.6 Å². The Morgan fingerprint density at radius 1 is 0.773 bits per heavy atom. The van der Waals surface area contributed by atoms with Crippen molar-refractivity contribution in [1.29, 1.82) is 0 Å².